The summed E-state index contributed by atoms with van der Waals surface area (Å²) in [5.74, 6) is 1.09. The van der Waals surface area contributed by atoms with Crippen LogP contribution in [0.25, 0.3) is 10.8 Å². The van der Waals surface area contributed by atoms with Gasteiger partial charge in [-0.05, 0) is 29.0 Å². The fourth-order valence-corrected chi connectivity index (χ4v) is 4.06. The number of hydrogen-bond acceptors (Lipinski definition) is 3. The van der Waals surface area contributed by atoms with E-state index < -0.39 is 0 Å². The van der Waals surface area contributed by atoms with Gasteiger partial charge in [-0.3, -0.25) is 4.79 Å². The van der Waals surface area contributed by atoms with Crippen LogP contribution in [-0.4, -0.2) is 51.2 Å². The first kappa shape index (κ1) is 19.3. The van der Waals surface area contributed by atoms with E-state index in [2.05, 4.69) is 42.5 Å². The predicted octanol–water partition coefficient (Wildman–Crippen LogP) is 2.40. The Morgan fingerprint density at radius 1 is 0.897 bits per heavy atom. The van der Waals surface area contributed by atoms with Crippen molar-refractivity contribution in [2.75, 3.05) is 40.4 Å². The second-order valence-corrected chi connectivity index (χ2v) is 7.44. The van der Waals surface area contributed by atoms with Gasteiger partial charge in [0.1, 0.15) is 23.6 Å². The topological polar surface area (TPSA) is 43.2 Å². The zero-order chi connectivity index (χ0) is 20.2. The lowest BCUT2D eigenvalue weighted by Gasteiger charge is -2.32. The molecule has 3 aromatic rings. The average molecular weight is 391 g/mol. The number of benzene rings is 3. The first-order chi connectivity index (χ1) is 14.2. The molecule has 0 aromatic heterocycles. The Morgan fingerprint density at radius 3 is 2.21 bits per heavy atom. The molecule has 29 heavy (non-hydrogen) atoms. The van der Waals surface area contributed by atoms with Gasteiger partial charge in [0.15, 0.2) is 0 Å². The van der Waals surface area contributed by atoms with Crippen molar-refractivity contribution in [3.05, 3.63) is 71.8 Å². The molecule has 0 spiro atoms. The Balaban J connectivity index is 1.42. The van der Waals surface area contributed by atoms with E-state index in [-0.39, 0.29) is 5.91 Å². The lowest BCUT2D eigenvalue weighted by molar-refractivity contribution is -0.917. The van der Waals surface area contributed by atoms with E-state index in [1.54, 1.807) is 26.4 Å². The summed E-state index contributed by atoms with van der Waals surface area (Å²) in [7, 11) is 3.16. The van der Waals surface area contributed by atoms with Crippen LogP contribution >= 0.6 is 0 Å². The molecule has 1 N–H and O–H groups in total. The van der Waals surface area contributed by atoms with E-state index in [9.17, 15) is 4.79 Å². The number of nitrogens with zero attached hydrogens (tertiary/aromatic N) is 1. The molecule has 0 unspecified atom stereocenters. The standard InChI is InChI=1S/C24H26N2O3/c1-28-21-8-5-9-22(29-2)23(21)24(27)26-14-12-25(13-15-26)17-18-10-11-19-6-3-4-7-20(19)16-18/h3-11,16H,12-15,17H2,1-2H3/p+1. The number of fused-ring (bicyclic) bond motifs is 1. The molecule has 4 rings (SSSR count). The molecule has 1 amide bonds. The number of quaternary nitrogens is 1. The monoisotopic (exact) mass is 391 g/mol. The third kappa shape index (κ3) is 4.05. The molecule has 1 heterocycles. The maximum Gasteiger partial charge on any atom is 0.261 e. The molecule has 1 aliphatic rings. The number of nitrogens with one attached hydrogen (secondary N) is 1. The molecular formula is C24H27N2O3+. The highest BCUT2D eigenvalue weighted by Gasteiger charge is 2.28. The number of rotatable bonds is 5. The number of hydrogen-bond donors (Lipinski definition) is 1. The van der Waals surface area contributed by atoms with Gasteiger partial charge in [-0.1, -0.05) is 42.5 Å². The van der Waals surface area contributed by atoms with Crippen LogP contribution in [0.4, 0.5) is 0 Å². The lowest BCUT2D eigenvalue weighted by Crippen LogP contribution is -3.13. The predicted molar refractivity (Wildman–Crippen MR) is 114 cm³/mol. The molecule has 5 nitrogen and oxygen atoms in total. The van der Waals surface area contributed by atoms with Gasteiger partial charge in [-0.25, -0.2) is 0 Å². The summed E-state index contributed by atoms with van der Waals surface area (Å²) in [4.78, 5) is 16.5. The maximum atomic E-state index is 13.1. The molecule has 1 saturated heterocycles. The molecule has 0 aliphatic carbocycles. The Kier molecular flexibility index (Phi) is 5.67. The van der Waals surface area contributed by atoms with Crippen LogP contribution in [-0.2, 0) is 6.54 Å². The van der Waals surface area contributed by atoms with Gasteiger partial charge in [-0.2, -0.15) is 0 Å². The third-order valence-corrected chi connectivity index (χ3v) is 5.67. The minimum absolute atomic E-state index is 0.0240. The summed E-state index contributed by atoms with van der Waals surface area (Å²) < 4.78 is 10.8. The van der Waals surface area contributed by atoms with Crippen molar-refractivity contribution < 1.29 is 19.2 Å². The van der Waals surface area contributed by atoms with Crippen molar-refractivity contribution in [1.29, 1.82) is 0 Å². The SMILES string of the molecule is COc1cccc(OC)c1C(=O)N1CC[NH+](Cc2ccc3ccccc3c2)CC1. The third-order valence-electron chi connectivity index (χ3n) is 5.67. The number of methoxy groups -OCH3 is 2. The number of ether oxygens (including phenoxy) is 2. The van der Waals surface area contributed by atoms with Crippen molar-refractivity contribution in [1.82, 2.24) is 4.90 Å². The molecule has 1 aliphatic heterocycles. The van der Waals surface area contributed by atoms with Gasteiger partial charge in [0, 0.05) is 5.56 Å². The van der Waals surface area contributed by atoms with Crippen molar-refractivity contribution in [2.45, 2.75) is 6.54 Å². The summed E-state index contributed by atoms with van der Waals surface area (Å²) >= 11 is 0. The molecule has 0 bridgehead atoms. The van der Waals surface area contributed by atoms with E-state index in [1.165, 1.54) is 21.2 Å². The Morgan fingerprint density at radius 2 is 1.55 bits per heavy atom. The minimum atomic E-state index is -0.0240. The highest BCUT2D eigenvalue weighted by Crippen LogP contribution is 2.29. The first-order valence-electron chi connectivity index (χ1n) is 10.0. The number of carbonyl (C=O) groups is 1. The minimum Gasteiger partial charge on any atom is -0.496 e. The average Bonchev–Trinajstić information content (AvgIpc) is 2.78. The van der Waals surface area contributed by atoms with E-state index in [0.29, 0.717) is 17.1 Å². The summed E-state index contributed by atoms with van der Waals surface area (Å²) in [5, 5.41) is 2.55. The maximum absolute atomic E-state index is 13.1. The van der Waals surface area contributed by atoms with Crippen molar-refractivity contribution in [2.24, 2.45) is 0 Å². The fraction of sp³-hybridized carbons (Fsp3) is 0.292. The lowest BCUT2D eigenvalue weighted by atomic mass is 10.1. The summed E-state index contributed by atoms with van der Waals surface area (Å²) in [6.45, 7) is 4.28. The molecular weight excluding hydrogens is 364 g/mol. The number of piperazine rings is 1. The van der Waals surface area contributed by atoms with Gasteiger partial charge in [0.05, 0.1) is 40.4 Å². The molecule has 0 saturated carbocycles. The molecule has 0 radical (unpaired) electrons. The van der Waals surface area contributed by atoms with E-state index >= 15 is 0 Å². The zero-order valence-corrected chi connectivity index (χ0v) is 17.0. The van der Waals surface area contributed by atoms with Crippen LogP contribution in [0.1, 0.15) is 15.9 Å². The Hall–Kier alpha value is -3.05. The number of amides is 1. The van der Waals surface area contributed by atoms with E-state index in [4.69, 9.17) is 9.47 Å². The second-order valence-electron chi connectivity index (χ2n) is 7.44. The van der Waals surface area contributed by atoms with Crippen LogP contribution in [0.3, 0.4) is 0 Å². The van der Waals surface area contributed by atoms with Crippen molar-refractivity contribution >= 4 is 16.7 Å². The summed E-state index contributed by atoms with van der Waals surface area (Å²) in [6, 6.07) is 20.6. The van der Waals surface area contributed by atoms with Crippen molar-refractivity contribution in [3.8, 4) is 11.5 Å². The van der Waals surface area contributed by atoms with Crippen LogP contribution in [0, 0.1) is 0 Å². The quantitative estimate of drug-likeness (QED) is 0.726. The highest BCUT2D eigenvalue weighted by molar-refractivity contribution is 5.99. The molecule has 3 aromatic carbocycles. The van der Waals surface area contributed by atoms with Crippen molar-refractivity contribution in [3.63, 3.8) is 0 Å². The van der Waals surface area contributed by atoms with E-state index in [0.717, 1.165) is 32.7 Å². The molecule has 1 fully saturated rings. The first-order valence-corrected chi connectivity index (χ1v) is 10.0. The number of carbonyl (C=O) groups excluding carboxylic acids is 1. The fourth-order valence-electron chi connectivity index (χ4n) is 4.06. The Bertz CT molecular complexity index is 988. The molecule has 0 atom stereocenters. The van der Waals surface area contributed by atoms with E-state index in [1.807, 2.05) is 11.0 Å². The van der Waals surface area contributed by atoms with Gasteiger partial charge < -0.3 is 19.3 Å². The zero-order valence-electron chi connectivity index (χ0n) is 17.0. The normalized spacial score (nSPS) is 14.8. The van der Waals surface area contributed by atoms with Crippen LogP contribution < -0.4 is 14.4 Å². The summed E-state index contributed by atoms with van der Waals surface area (Å²) in [6.07, 6.45) is 0. The van der Waals surface area contributed by atoms with Crippen LogP contribution in [0.2, 0.25) is 0 Å². The second kappa shape index (κ2) is 8.53. The Labute approximate surface area is 171 Å². The molecule has 150 valence electrons. The van der Waals surface area contributed by atoms with Gasteiger partial charge >= 0.3 is 0 Å². The summed E-state index contributed by atoms with van der Waals surface area (Å²) in [5.41, 5.74) is 1.85. The highest BCUT2D eigenvalue weighted by atomic mass is 16.5. The molecule has 5 heteroatoms. The van der Waals surface area contributed by atoms with Gasteiger partial charge in [0.25, 0.3) is 5.91 Å². The smallest absolute Gasteiger partial charge is 0.261 e. The van der Waals surface area contributed by atoms with Crippen LogP contribution in [0.5, 0.6) is 11.5 Å². The van der Waals surface area contributed by atoms with Crippen LogP contribution in [0.15, 0.2) is 60.7 Å². The van der Waals surface area contributed by atoms with Gasteiger partial charge in [0.2, 0.25) is 0 Å². The largest absolute Gasteiger partial charge is 0.496 e. The van der Waals surface area contributed by atoms with Gasteiger partial charge in [-0.15, -0.1) is 0 Å².